The van der Waals surface area contributed by atoms with Crippen molar-refractivity contribution in [3.05, 3.63) is 24.8 Å². The molecule has 0 aromatic carbocycles. The highest BCUT2D eigenvalue weighted by molar-refractivity contribution is 6.07. The first-order valence-corrected chi connectivity index (χ1v) is 4.25. The lowest BCUT2D eigenvalue weighted by Crippen LogP contribution is -2.37. The fraction of sp³-hybridized carbons (Fsp3) is 0.300. The average Bonchev–Trinajstić information content (AvgIpc) is 2.16. The van der Waals surface area contributed by atoms with Gasteiger partial charge in [-0.1, -0.05) is 13.2 Å². The minimum atomic E-state index is -1.08. The molecule has 2 amide bonds. The van der Waals surface area contributed by atoms with E-state index in [1.165, 1.54) is 6.92 Å². The highest BCUT2D eigenvalue weighted by atomic mass is 16.4. The molecule has 0 fully saturated rings. The van der Waals surface area contributed by atoms with Gasteiger partial charge in [-0.25, -0.2) is 0 Å². The molecule has 0 aromatic heterocycles. The van der Waals surface area contributed by atoms with Crippen molar-refractivity contribution >= 4 is 17.8 Å². The summed E-state index contributed by atoms with van der Waals surface area (Å²) < 4.78 is 0. The smallest absolute Gasteiger partial charge is 0.305 e. The van der Waals surface area contributed by atoms with Crippen LogP contribution in [-0.4, -0.2) is 34.3 Å². The summed E-state index contributed by atoms with van der Waals surface area (Å²) in [5, 5.41) is 8.44. The van der Waals surface area contributed by atoms with Crippen LogP contribution < -0.4 is 0 Å². The summed E-state index contributed by atoms with van der Waals surface area (Å²) in [5.41, 5.74) is 0.176. The van der Waals surface area contributed by atoms with Crippen molar-refractivity contribution in [3.63, 3.8) is 0 Å². The predicted octanol–water partition coefficient (Wildman–Crippen LogP) is 0.578. The highest BCUT2D eigenvalue weighted by Gasteiger charge is 2.20. The van der Waals surface area contributed by atoms with Gasteiger partial charge in [0.1, 0.15) is 0 Å². The molecule has 0 unspecified atom stereocenters. The van der Waals surface area contributed by atoms with Crippen LogP contribution in [0, 0.1) is 0 Å². The van der Waals surface area contributed by atoms with Gasteiger partial charge in [0.15, 0.2) is 0 Å². The number of hydrogen-bond donors (Lipinski definition) is 1. The first-order valence-electron chi connectivity index (χ1n) is 4.25. The third-order valence-electron chi connectivity index (χ3n) is 1.60. The molecular formula is C10H13NO4. The SMILES string of the molecule is C=CC(=O)N(CCC(=O)O)C(=O)C(=C)C. The lowest BCUT2D eigenvalue weighted by molar-refractivity contribution is -0.141. The topological polar surface area (TPSA) is 74.7 Å². The second kappa shape index (κ2) is 5.74. The molecule has 0 saturated carbocycles. The van der Waals surface area contributed by atoms with Crippen LogP contribution in [-0.2, 0) is 14.4 Å². The predicted molar refractivity (Wildman–Crippen MR) is 54.0 cm³/mol. The Kier molecular flexibility index (Phi) is 5.01. The summed E-state index contributed by atoms with van der Waals surface area (Å²) >= 11 is 0. The van der Waals surface area contributed by atoms with Crippen LogP contribution in [0.4, 0.5) is 0 Å². The Labute approximate surface area is 87.7 Å². The number of carbonyl (C=O) groups is 3. The summed E-state index contributed by atoms with van der Waals surface area (Å²) in [4.78, 5) is 33.8. The molecule has 0 aromatic rings. The maximum absolute atomic E-state index is 11.4. The Morgan fingerprint density at radius 3 is 2.27 bits per heavy atom. The Bertz CT molecular complexity index is 319. The van der Waals surface area contributed by atoms with Crippen molar-refractivity contribution in [2.24, 2.45) is 0 Å². The van der Waals surface area contributed by atoms with Crippen molar-refractivity contribution in [2.75, 3.05) is 6.54 Å². The van der Waals surface area contributed by atoms with Crippen LogP contribution in [0.15, 0.2) is 24.8 Å². The molecule has 0 bridgehead atoms. The van der Waals surface area contributed by atoms with Gasteiger partial charge >= 0.3 is 5.97 Å². The fourth-order valence-electron chi connectivity index (χ4n) is 0.860. The van der Waals surface area contributed by atoms with Crippen molar-refractivity contribution < 1.29 is 19.5 Å². The number of amides is 2. The number of nitrogens with zero attached hydrogens (tertiary/aromatic N) is 1. The summed E-state index contributed by atoms with van der Waals surface area (Å²) in [6.45, 7) is 7.90. The number of carboxylic acid groups (broad SMARTS) is 1. The molecule has 5 heteroatoms. The molecule has 0 aliphatic rings. The van der Waals surface area contributed by atoms with Crippen LogP contribution >= 0.6 is 0 Å². The number of carboxylic acids is 1. The van der Waals surface area contributed by atoms with E-state index < -0.39 is 17.8 Å². The van der Waals surface area contributed by atoms with Crippen LogP contribution in [0.1, 0.15) is 13.3 Å². The van der Waals surface area contributed by atoms with E-state index in [1.807, 2.05) is 0 Å². The van der Waals surface area contributed by atoms with Crippen LogP contribution in [0.2, 0.25) is 0 Å². The minimum absolute atomic E-state index is 0.175. The normalized spacial score (nSPS) is 9.13. The number of imide groups is 1. The van der Waals surface area contributed by atoms with E-state index in [4.69, 9.17) is 5.11 Å². The van der Waals surface area contributed by atoms with Gasteiger partial charge in [0.2, 0.25) is 0 Å². The Morgan fingerprint density at radius 2 is 1.93 bits per heavy atom. The highest BCUT2D eigenvalue weighted by Crippen LogP contribution is 2.02. The van der Waals surface area contributed by atoms with Gasteiger partial charge < -0.3 is 5.11 Å². The molecule has 0 saturated heterocycles. The van der Waals surface area contributed by atoms with Gasteiger partial charge in [-0.2, -0.15) is 0 Å². The second-order valence-electron chi connectivity index (χ2n) is 2.92. The summed E-state index contributed by atoms with van der Waals surface area (Å²) in [6, 6.07) is 0. The zero-order valence-corrected chi connectivity index (χ0v) is 8.52. The molecule has 0 heterocycles. The van der Waals surface area contributed by atoms with Crippen molar-refractivity contribution in [2.45, 2.75) is 13.3 Å². The van der Waals surface area contributed by atoms with Gasteiger partial charge in [-0.15, -0.1) is 0 Å². The van der Waals surface area contributed by atoms with E-state index in [0.717, 1.165) is 11.0 Å². The van der Waals surface area contributed by atoms with Gasteiger partial charge in [-0.3, -0.25) is 19.3 Å². The number of carbonyl (C=O) groups excluding carboxylic acids is 2. The Hall–Kier alpha value is -1.91. The lowest BCUT2D eigenvalue weighted by atomic mass is 10.2. The largest absolute Gasteiger partial charge is 0.481 e. The van der Waals surface area contributed by atoms with Gasteiger partial charge in [-0.05, 0) is 13.0 Å². The van der Waals surface area contributed by atoms with Crippen molar-refractivity contribution in [1.82, 2.24) is 4.90 Å². The Balaban J connectivity index is 4.65. The summed E-state index contributed by atoms with van der Waals surface area (Å²) in [6.07, 6.45) is 0.668. The van der Waals surface area contributed by atoms with E-state index >= 15 is 0 Å². The zero-order chi connectivity index (χ0) is 12.0. The quantitative estimate of drug-likeness (QED) is 0.675. The molecule has 15 heavy (non-hydrogen) atoms. The number of rotatable bonds is 5. The third kappa shape index (κ3) is 4.21. The molecule has 0 rings (SSSR count). The lowest BCUT2D eigenvalue weighted by Gasteiger charge is -2.17. The maximum Gasteiger partial charge on any atom is 0.305 e. The fourth-order valence-corrected chi connectivity index (χ4v) is 0.860. The van der Waals surface area contributed by atoms with Gasteiger partial charge in [0.25, 0.3) is 11.8 Å². The van der Waals surface area contributed by atoms with Crippen molar-refractivity contribution in [3.8, 4) is 0 Å². The first-order chi connectivity index (χ1) is 6.90. The summed E-state index contributed by atoms with van der Waals surface area (Å²) in [7, 11) is 0. The standard InChI is InChI=1S/C10H13NO4/c1-4-8(12)11(6-5-9(13)14)10(15)7(2)3/h4H,1-2,5-6H2,3H3,(H,13,14). The molecule has 1 N–H and O–H groups in total. The van der Waals surface area contributed by atoms with Crippen LogP contribution in [0.25, 0.3) is 0 Å². The average molecular weight is 211 g/mol. The maximum atomic E-state index is 11.4. The number of aliphatic carboxylic acids is 1. The molecule has 0 aliphatic carbocycles. The second-order valence-corrected chi connectivity index (χ2v) is 2.92. The third-order valence-corrected chi connectivity index (χ3v) is 1.60. The molecule has 82 valence electrons. The molecule has 0 spiro atoms. The van der Waals surface area contributed by atoms with Crippen LogP contribution in [0.3, 0.4) is 0 Å². The van der Waals surface area contributed by atoms with E-state index in [1.54, 1.807) is 0 Å². The van der Waals surface area contributed by atoms with Gasteiger partial charge in [0, 0.05) is 12.1 Å². The summed E-state index contributed by atoms with van der Waals surface area (Å²) in [5.74, 6) is -2.28. The van der Waals surface area contributed by atoms with Gasteiger partial charge in [0.05, 0.1) is 6.42 Å². The van der Waals surface area contributed by atoms with Crippen molar-refractivity contribution in [1.29, 1.82) is 0 Å². The number of hydrogen-bond acceptors (Lipinski definition) is 3. The van der Waals surface area contributed by atoms with E-state index in [2.05, 4.69) is 13.2 Å². The molecule has 5 nitrogen and oxygen atoms in total. The Morgan fingerprint density at radius 1 is 1.40 bits per heavy atom. The molecule has 0 radical (unpaired) electrons. The van der Waals surface area contributed by atoms with Crippen LogP contribution in [0.5, 0.6) is 0 Å². The minimum Gasteiger partial charge on any atom is -0.481 e. The zero-order valence-electron chi connectivity index (χ0n) is 8.52. The first kappa shape index (κ1) is 13.1. The van der Waals surface area contributed by atoms with E-state index in [-0.39, 0.29) is 18.5 Å². The van der Waals surface area contributed by atoms with E-state index in [9.17, 15) is 14.4 Å². The van der Waals surface area contributed by atoms with E-state index in [0.29, 0.717) is 0 Å². The molecule has 0 atom stereocenters. The molecular weight excluding hydrogens is 198 g/mol. The molecule has 0 aliphatic heterocycles. The monoisotopic (exact) mass is 211 g/mol.